The van der Waals surface area contributed by atoms with Crippen molar-refractivity contribution < 1.29 is 43.1 Å². The molecule has 1 aromatic carbocycles. The maximum absolute atomic E-state index is 3.76. The number of hydrogen-bond donors (Lipinski definition) is 0. The summed E-state index contributed by atoms with van der Waals surface area (Å²) in [7, 11) is 0. The molecule has 0 atom stereocenters. The summed E-state index contributed by atoms with van der Waals surface area (Å²) in [5.41, 5.74) is 2.57. The molecule has 0 aliphatic rings. The van der Waals surface area contributed by atoms with Crippen molar-refractivity contribution in [3.05, 3.63) is 86.0 Å². The second-order valence-corrected chi connectivity index (χ2v) is 5.25. The predicted molar refractivity (Wildman–Crippen MR) is 86.7 cm³/mol. The first-order valence-corrected chi connectivity index (χ1v) is 7.23. The molecule has 3 rings (SSSR count). The Morgan fingerprint density at radius 3 is 1.67 bits per heavy atom. The standard InChI is InChI=1S/C18H20N4.2BrH/c1-3-19-8-10-21(15-19)13-17-6-5-7-18(12-17)14-22-11-9-20(4-2)16-22;;/h3-12,15-16H,1-2,13-14H2;2*1H/q+2;;/p-2. The van der Waals surface area contributed by atoms with Crippen LogP contribution in [-0.4, -0.2) is 9.13 Å². The topological polar surface area (TPSA) is 17.6 Å². The molecule has 0 N–H and O–H groups in total. The Kier molecular flexibility index (Phi) is 7.88. The summed E-state index contributed by atoms with van der Waals surface area (Å²) in [6, 6.07) is 8.67. The maximum atomic E-state index is 3.76. The molecule has 6 heteroatoms. The van der Waals surface area contributed by atoms with Gasteiger partial charge in [0, 0.05) is 0 Å². The Bertz CT molecular complexity index is 741. The quantitative estimate of drug-likeness (QED) is 0.342. The molecule has 0 fully saturated rings. The molecule has 0 radical (unpaired) electrons. The molecule has 0 amide bonds. The van der Waals surface area contributed by atoms with Crippen LogP contribution in [0.25, 0.3) is 12.4 Å². The Labute approximate surface area is 163 Å². The van der Waals surface area contributed by atoms with Gasteiger partial charge in [-0.05, 0) is 17.2 Å². The molecular formula is C18H20Br2N4. The van der Waals surface area contributed by atoms with Crippen LogP contribution in [0, 0.1) is 0 Å². The van der Waals surface area contributed by atoms with Crippen LogP contribution in [-0.2, 0) is 13.1 Å². The Morgan fingerprint density at radius 2 is 1.29 bits per heavy atom. The van der Waals surface area contributed by atoms with E-state index in [0.29, 0.717) is 0 Å². The van der Waals surface area contributed by atoms with Crippen LogP contribution in [0.3, 0.4) is 0 Å². The Balaban J connectivity index is 0.00000144. The first-order valence-electron chi connectivity index (χ1n) is 7.23. The van der Waals surface area contributed by atoms with Gasteiger partial charge in [0.2, 0.25) is 12.7 Å². The molecule has 0 aliphatic heterocycles. The van der Waals surface area contributed by atoms with E-state index < -0.39 is 0 Å². The number of benzene rings is 1. The highest BCUT2D eigenvalue weighted by atomic mass is 79.9. The van der Waals surface area contributed by atoms with Gasteiger partial charge in [0.25, 0.3) is 0 Å². The highest BCUT2D eigenvalue weighted by Crippen LogP contribution is 2.05. The molecule has 2 heterocycles. The van der Waals surface area contributed by atoms with Crippen molar-refractivity contribution >= 4 is 12.4 Å². The van der Waals surface area contributed by atoms with Gasteiger partial charge in [0.05, 0.1) is 12.4 Å². The van der Waals surface area contributed by atoms with Crippen LogP contribution < -0.4 is 43.1 Å². The van der Waals surface area contributed by atoms with Gasteiger partial charge in [0.15, 0.2) is 0 Å². The fourth-order valence-corrected chi connectivity index (χ4v) is 2.47. The lowest BCUT2D eigenvalue weighted by Gasteiger charge is -2.02. The third-order valence-electron chi connectivity index (χ3n) is 3.57. The summed E-state index contributed by atoms with van der Waals surface area (Å²) in [6.45, 7) is 9.23. The minimum absolute atomic E-state index is 0. The minimum Gasteiger partial charge on any atom is -1.00 e. The first kappa shape index (κ1) is 20.1. The number of halogens is 2. The van der Waals surface area contributed by atoms with Crippen LogP contribution in [0.5, 0.6) is 0 Å². The van der Waals surface area contributed by atoms with E-state index in [4.69, 9.17) is 0 Å². The van der Waals surface area contributed by atoms with Gasteiger partial charge in [-0.3, -0.25) is 0 Å². The summed E-state index contributed by atoms with van der Waals surface area (Å²) < 4.78 is 8.17. The molecule has 0 spiro atoms. The van der Waals surface area contributed by atoms with Crippen LogP contribution in [0.4, 0.5) is 0 Å². The van der Waals surface area contributed by atoms with Gasteiger partial charge in [-0.1, -0.05) is 31.4 Å². The van der Waals surface area contributed by atoms with Crippen LogP contribution in [0.2, 0.25) is 0 Å². The number of aromatic nitrogens is 4. The smallest absolute Gasteiger partial charge is 0.248 e. The summed E-state index contributed by atoms with van der Waals surface area (Å²) in [5.74, 6) is 0. The van der Waals surface area contributed by atoms with E-state index in [1.54, 1.807) is 12.4 Å². The molecule has 2 aromatic heterocycles. The number of nitrogens with zero attached hydrogens (tertiary/aromatic N) is 4. The van der Waals surface area contributed by atoms with Crippen molar-refractivity contribution in [3.8, 4) is 0 Å². The zero-order valence-electron chi connectivity index (χ0n) is 13.3. The molecule has 0 aliphatic carbocycles. The Hall–Kier alpha value is -1.92. The summed E-state index contributed by atoms with van der Waals surface area (Å²) in [5, 5.41) is 0. The third kappa shape index (κ3) is 5.04. The summed E-state index contributed by atoms with van der Waals surface area (Å²) in [4.78, 5) is 0. The van der Waals surface area contributed by atoms with E-state index in [1.807, 2.05) is 46.6 Å². The van der Waals surface area contributed by atoms with Crippen molar-refractivity contribution in [1.82, 2.24) is 9.13 Å². The minimum atomic E-state index is 0. The van der Waals surface area contributed by atoms with Crippen LogP contribution >= 0.6 is 0 Å². The summed E-state index contributed by atoms with van der Waals surface area (Å²) >= 11 is 0. The van der Waals surface area contributed by atoms with Crippen molar-refractivity contribution in [2.45, 2.75) is 13.1 Å². The normalized spacial score (nSPS) is 9.67. The second kappa shape index (κ2) is 9.39. The number of imidazole rings is 2. The van der Waals surface area contributed by atoms with E-state index in [2.05, 4.69) is 46.6 Å². The van der Waals surface area contributed by atoms with Crippen molar-refractivity contribution in [2.24, 2.45) is 0 Å². The zero-order chi connectivity index (χ0) is 15.4. The molecule has 0 bridgehead atoms. The van der Waals surface area contributed by atoms with E-state index in [9.17, 15) is 0 Å². The van der Waals surface area contributed by atoms with Crippen LogP contribution in [0.1, 0.15) is 11.1 Å². The maximum Gasteiger partial charge on any atom is 0.248 e. The lowest BCUT2D eigenvalue weighted by Crippen LogP contribution is -3.00. The van der Waals surface area contributed by atoms with Crippen LogP contribution in [0.15, 0.2) is 74.9 Å². The van der Waals surface area contributed by atoms with E-state index in [1.165, 1.54) is 11.1 Å². The van der Waals surface area contributed by atoms with Gasteiger partial charge in [-0.25, -0.2) is 18.3 Å². The van der Waals surface area contributed by atoms with Gasteiger partial charge in [-0.15, -0.1) is 0 Å². The highest BCUT2D eigenvalue weighted by Gasteiger charge is 2.06. The monoisotopic (exact) mass is 450 g/mol. The average molecular weight is 452 g/mol. The van der Waals surface area contributed by atoms with E-state index in [-0.39, 0.29) is 34.0 Å². The molecule has 0 saturated heterocycles. The summed E-state index contributed by atoms with van der Waals surface area (Å²) in [6.07, 6.45) is 15.7. The molecule has 0 saturated carbocycles. The molecule has 126 valence electrons. The van der Waals surface area contributed by atoms with Crippen molar-refractivity contribution in [3.63, 3.8) is 0 Å². The van der Waals surface area contributed by atoms with Gasteiger partial charge >= 0.3 is 0 Å². The molecule has 3 aromatic rings. The number of rotatable bonds is 6. The Morgan fingerprint density at radius 1 is 0.833 bits per heavy atom. The van der Waals surface area contributed by atoms with Gasteiger partial charge < -0.3 is 34.0 Å². The van der Waals surface area contributed by atoms with Gasteiger partial charge in [-0.2, -0.15) is 0 Å². The van der Waals surface area contributed by atoms with Gasteiger partial charge in [0.1, 0.15) is 37.9 Å². The fourth-order valence-electron chi connectivity index (χ4n) is 2.47. The SMILES string of the molecule is C=Cn1cc[n+](Cc2cccc(C[n+]3ccn(C=C)c3)c2)c1.[Br-].[Br-]. The van der Waals surface area contributed by atoms with Crippen molar-refractivity contribution in [1.29, 1.82) is 0 Å². The highest BCUT2D eigenvalue weighted by molar-refractivity contribution is 5.22. The molecule has 0 unspecified atom stereocenters. The molecule has 24 heavy (non-hydrogen) atoms. The van der Waals surface area contributed by atoms with E-state index >= 15 is 0 Å². The average Bonchev–Trinajstić information content (AvgIpc) is 3.16. The lowest BCUT2D eigenvalue weighted by molar-refractivity contribution is -0.688. The van der Waals surface area contributed by atoms with E-state index in [0.717, 1.165) is 13.1 Å². The lowest BCUT2D eigenvalue weighted by atomic mass is 10.1. The molecular weight excluding hydrogens is 432 g/mol. The second-order valence-electron chi connectivity index (χ2n) is 5.25. The first-order chi connectivity index (χ1) is 10.8. The fraction of sp³-hybridized carbons (Fsp3) is 0.111. The van der Waals surface area contributed by atoms with Crippen molar-refractivity contribution in [2.75, 3.05) is 0 Å². The molecule has 4 nitrogen and oxygen atoms in total. The largest absolute Gasteiger partial charge is 1.00 e. The zero-order valence-corrected chi connectivity index (χ0v) is 16.5. The predicted octanol–water partition coefficient (Wildman–Crippen LogP) is -3.83. The third-order valence-corrected chi connectivity index (χ3v) is 3.57. The number of hydrogen-bond acceptors (Lipinski definition) is 0.